The van der Waals surface area contributed by atoms with Gasteiger partial charge in [-0.25, -0.2) is 0 Å². The van der Waals surface area contributed by atoms with Crippen molar-refractivity contribution in [3.05, 3.63) is 53.0 Å². The van der Waals surface area contributed by atoms with Gasteiger partial charge in [-0.3, -0.25) is 4.79 Å². The van der Waals surface area contributed by atoms with Crippen molar-refractivity contribution in [1.29, 1.82) is 0 Å². The molecular formula is C18H21BrN2O2. The number of rotatable bonds is 7. The Morgan fingerprint density at radius 3 is 2.65 bits per heavy atom. The molecule has 1 unspecified atom stereocenters. The average molecular weight is 377 g/mol. The second kappa shape index (κ2) is 8.58. The molecule has 2 aromatic carbocycles. The van der Waals surface area contributed by atoms with Gasteiger partial charge in [0.15, 0.2) is 0 Å². The molecule has 5 heteroatoms. The van der Waals surface area contributed by atoms with Crippen LogP contribution in [0.2, 0.25) is 0 Å². The number of hydrogen-bond acceptors (Lipinski definition) is 3. The van der Waals surface area contributed by atoms with Crippen molar-refractivity contribution in [3.63, 3.8) is 0 Å². The third-order valence-corrected chi connectivity index (χ3v) is 3.80. The molecule has 0 fully saturated rings. The Labute approximate surface area is 145 Å². The highest BCUT2D eigenvalue weighted by Gasteiger charge is 2.05. The van der Waals surface area contributed by atoms with Crippen molar-refractivity contribution in [3.8, 4) is 5.75 Å². The van der Waals surface area contributed by atoms with Crippen LogP contribution in [0.15, 0.2) is 53.0 Å². The van der Waals surface area contributed by atoms with Crippen LogP contribution in [-0.4, -0.2) is 18.6 Å². The number of benzene rings is 2. The summed E-state index contributed by atoms with van der Waals surface area (Å²) in [6.07, 6.45) is 1.09. The van der Waals surface area contributed by atoms with Crippen LogP contribution < -0.4 is 15.4 Å². The smallest absolute Gasteiger partial charge is 0.243 e. The molecule has 2 N–H and O–H groups in total. The van der Waals surface area contributed by atoms with Gasteiger partial charge in [-0.1, -0.05) is 35.0 Å². The van der Waals surface area contributed by atoms with E-state index in [1.165, 1.54) is 0 Å². The van der Waals surface area contributed by atoms with Crippen LogP contribution in [0.4, 0.5) is 11.4 Å². The van der Waals surface area contributed by atoms with Gasteiger partial charge in [0, 0.05) is 21.9 Å². The van der Waals surface area contributed by atoms with Crippen LogP contribution in [0.3, 0.4) is 0 Å². The highest BCUT2D eigenvalue weighted by molar-refractivity contribution is 9.10. The van der Waals surface area contributed by atoms with Crippen LogP contribution in [0.5, 0.6) is 5.75 Å². The van der Waals surface area contributed by atoms with E-state index in [-0.39, 0.29) is 18.6 Å². The number of anilines is 2. The minimum absolute atomic E-state index is 0.106. The van der Waals surface area contributed by atoms with E-state index in [1.807, 2.05) is 55.5 Å². The van der Waals surface area contributed by atoms with Gasteiger partial charge in [-0.05, 0) is 43.7 Å². The zero-order chi connectivity index (χ0) is 16.7. The lowest BCUT2D eigenvalue weighted by Gasteiger charge is -2.14. The quantitative estimate of drug-likeness (QED) is 0.737. The molecule has 0 aliphatic carbocycles. The van der Waals surface area contributed by atoms with Crippen molar-refractivity contribution in [2.24, 2.45) is 0 Å². The van der Waals surface area contributed by atoms with E-state index in [9.17, 15) is 4.79 Å². The van der Waals surface area contributed by atoms with Crippen LogP contribution in [0, 0.1) is 0 Å². The van der Waals surface area contributed by atoms with E-state index >= 15 is 0 Å². The molecule has 23 heavy (non-hydrogen) atoms. The fraction of sp³-hybridized carbons (Fsp3) is 0.278. The summed E-state index contributed by atoms with van der Waals surface area (Å²) in [6.45, 7) is 4.30. The van der Waals surface area contributed by atoms with E-state index in [2.05, 4.69) is 33.5 Å². The Morgan fingerprint density at radius 2 is 1.91 bits per heavy atom. The van der Waals surface area contributed by atoms with E-state index < -0.39 is 0 Å². The molecule has 0 heterocycles. The molecule has 0 aliphatic heterocycles. The Morgan fingerprint density at radius 1 is 1.17 bits per heavy atom. The van der Waals surface area contributed by atoms with Gasteiger partial charge >= 0.3 is 0 Å². The highest BCUT2D eigenvalue weighted by atomic mass is 79.9. The third kappa shape index (κ3) is 5.94. The fourth-order valence-electron chi connectivity index (χ4n) is 1.95. The predicted octanol–water partition coefficient (Wildman–Crippen LogP) is 4.68. The molecule has 2 aromatic rings. The van der Waals surface area contributed by atoms with E-state index in [0.29, 0.717) is 0 Å². The van der Waals surface area contributed by atoms with Crippen LogP contribution >= 0.6 is 15.9 Å². The first-order chi connectivity index (χ1) is 11.1. The molecule has 122 valence electrons. The zero-order valence-corrected chi connectivity index (χ0v) is 14.9. The number of amides is 1. The second-order valence-electron chi connectivity index (χ2n) is 5.28. The van der Waals surface area contributed by atoms with Crippen molar-refractivity contribution in [2.75, 3.05) is 17.2 Å². The van der Waals surface area contributed by atoms with Crippen molar-refractivity contribution >= 4 is 33.2 Å². The summed E-state index contributed by atoms with van der Waals surface area (Å²) < 4.78 is 6.73. The maximum Gasteiger partial charge on any atom is 0.243 e. The molecule has 0 bridgehead atoms. The molecule has 0 aliphatic rings. The van der Waals surface area contributed by atoms with E-state index in [1.54, 1.807) is 0 Å². The lowest BCUT2D eigenvalue weighted by atomic mass is 10.2. The predicted molar refractivity (Wildman–Crippen MR) is 98.1 cm³/mol. The van der Waals surface area contributed by atoms with Crippen molar-refractivity contribution < 1.29 is 9.53 Å². The molecule has 0 saturated heterocycles. The topological polar surface area (TPSA) is 50.4 Å². The first-order valence-corrected chi connectivity index (χ1v) is 8.42. The summed E-state index contributed by atoms with van der Waals surface area (Å²) in [6, 6.07) is 15.1. The van der Waals surface area contributed by atoms with Gasteiger partial charge in [-0.2, -0.15) is 0 Å². The number of hydrogen-bond donors (Lipinski definition) is 2. The number of halogens is 1. The number of carbonyl (C=O) groups is 1. The third-order valence-electron chi connectivity index (χ3n) is 3.31. The molecule has 0 saturated carbocycles. The Kier molecular flexibility index (Phi) is 6.47. The van der Waals surface area contributed by atoms with E-state index in [4.69, 9.17) is 4.74 Å². The Hall–Kier alpha value is -2.01. The molecule has 4 nitrogen and oxygen atoms in total. The van der Waals surface area contributed by atoms with Crippen molar-refractivity contribution in [2.45, 2.75) is 26.4 Å². The molecule has 0 aromatic heterocycles. The summed E-state index contributed by atoms with van der Waals surface area (Å²) >= 11 is 3.40. The number of ether oxygens (including phenoxy) is 1. The average Bonchev–Trinajstić information content (AvgIpc) is 2.53. The monoisotopic (exact) mass is 376 g/mol. The van der Waals surface area contributed by atoms with Crippen LogP contribution in [-0.2, 0) is 4.79 Å². The maximum atomic E-state index is 12.0. The van der Waals surface area contributed by atoms with Gasteiger partial charge in [0.2, 0.25) is 5.91 Å². The van der Waals surface area contributed by atoms with Crippen LogP contribution in [0.25, 0.3) is 0 Å². The Bertz CT molecular complexity index is 661. The molecular weight excluding hydrogens is 356 g/mol. The Balaban J connectivity index is 1.88. The largest absolute Gasteiger partial charge is 0.491 e. The minimum Gasteiger partial charge on any atom is -0.491 e. The molecule has 1 amide bonds. The zero-order valence-electron chi connectivity index (χ0n) is 13.3. The van der Waals surface area contributed by atoms with E-state index in [0.717, 1.165) is 28.0 Å². The van der Waals surface area contributed by atoms with Gasteiger partial charge < -0.3 is 15.4 Å². The standard InChI is InChI=1S/C18H21BrN2O2/c1-3-13(2)23-17-9-5-8-16(11-17)21-18(22)12-20-15-7-4-6-14(19)10-15/h4-11,13,20H,3,12H2,1-2H3,(H,21,22). The van der Waals surface area contributed by atoms with Gasteiger partial charge in [0.1, 0.15) is 5.75 Å². The summed E-state index contributed by atoms with van der Waals surface area (Å²) in [5, 5.41) is 5.95. The van der Waals surface area contributed by atoms with Gasteiger partial charge in [-0.15, -0.1) is 0 Å². The maximum absolute atomic E-state index is 12.0. The van der Waals surface area contributed by atoms with Gasteiger partial charge in [0.05, 0.1) is 12.6 Å². The molecule has 0 radical (unpaired) electrons. The number of nitrogens with one attached hydrogen (secondary N) is 2. The van der Waals surface area contributed by atoms with Gasteiger partial charge in [0.25, 0.3) is 0 Å². The second-order valence-corrected chi connectivity index (χ2v) is 6.19. The normalized spacial score (nSPS) is 11.6. The number of carbonyl (C=O) groups excluding carboxylic acids is 1. The molecule has 2 rings (SSSR count). The molecule has 1 atom stereocenters. The first kappa shape index (κ1) is 17.3. The lowest BCUT2D eigenvalue weighted by Crippen LogP contribution is -2.21. The fourth-order valence-corrected chi connectivity index (χ4v) is 2.35. The SMILES string of the molecule is CCC(C)Oc1cccc(NC(=O)CNc2cccc(Br)c2)c1. The summed E-state index contributed by atoms with van der Waals surface area (Å²) in [5.41, 5.74) is 1.62. The summed E-state index contributed by atoms with van der Waals surface area (Å²) in [5.74, 6) is 0.655. The highest BCUT2D eigenvalue weighted by Crippen LogP contribution is 2.19. The minimum atomic E-state index is -0.106. The lowest BCUT2D eigenvalue weighted by molar-refractivity contribution is -0.114. The van der Waals surface area contributed by atoms with Crippen LogP contribution in [0.1, 0.15) is 20.3 Å². The first-order valence-electron chi connectivity index (χ1n) is 7.63. The molecule has 0 spiro atoms. The summed E-state index contributed by atoms with van der Waals surface area (Å²) in [4.78, 5) is 12.0. The van der Waals surface area contributed by atoms with Crippen molar-refractivity contribution in [1.82, 2.24) is 0 Å². The summed E-state index contributed by atoms with van der Waals surface area (Å²) in [7, 11) is 0.